The van der Waals surface area contributed by atoms with E-state index in [0.29, 0.717) is 36.7 Å². The number of ether oxygens (including phenoxy) is 1. The van der Waals surface area contributed by atoms with Crippen LogP contribution in [0.1, 0.15) is 24.0 Å². The van der Waals surface area contributed by atoms with Gasteiger partial charge in [0.15, 0.2) is 0 Å². The number of halogens is 1. The van der Waals surface area contributed by atoms with Crippen LogP contribution in [-0.4, -0.2) is 31.8 Å². The second-order valence-corrected chi connectivity index (χ2v) is 9.02. The van der Waals surface area contributed by atoms with E-state index in [1.54, 1.807) is 24.3 Å². The molecule has 2 aromatic carbocycles. The number of carbonyl (C=O) groups is 1. The van der Waals surface area contributed by atoms with E-state index in [9.17, 15) is 13.2 Å². The lowest BCUT2D eigenvalue weighted by molar-refractivity contribution is -0.140. The van der Waals surface area contributed by atoms with Gasteiger partial charge in [-0.2, -0.15) is 4.31 Å². The molecule has 0 atom stereocenters. The zero-order valence-electron chi connectivity index (χ0n) is 15.5. The average molecular weight is 420 g/mol. The quantitative estimate of drug-likeness (QED) is 0.536. The number of benzene rings is 2. The minimum atomic E-state index is -3.52. The van der Waals surface area contributed by atoms with Crippen molar-refractivity contribution in [3.63, 3.8) is 0 Å². The number of piperidine rings is 1. The summed E-state index contributed by atoms with van der Waals surface area (Å²) in [6.45, 7) is 2.41. The standard InChI is InChI=1S/C21H22ClNO4S/c1-16-15-19(22)7-8-20(16)27-21(24)18-9-12-23(13-10-18)28(25,26)14-11-17-5-3-2-4-6-17/h2-8,11,14-15,18H,9-10,12-13H2,1H3. The molecule has 1 aliphatic heterocycles. The summed E-state index contributed by atoms with van der Waals surface area (Å²) < 4.78 is 31.9. The van der Waals surface area contributed by atoms with Crippen molar-refractivity contribution >= 4 is 33.7 Å². The number of hydrogen-bond acceptors (Lipinski definition) is 4. The number of aryl methyl sites for hydroxylation is 1. The Labute approximate surface area is 170 Å². The van der Waals surface area contributed by atoms with Crippen LogP contribution in [0.3, 0.4) is 0 Å². The molecule has 5 nitrogen and oxygen atoms in total. The summed E-state index contributed by atoms with van der Waals surface area (Å²) in [5.74, 6) is -0.169. The molecule has 0 radical (unpaired) electrons. The van der Waals surface area contributed by atoms with Gasteiger partial charge in [-0.05, 0) is 55.2 Å². The first kappa shape index (κ1) is 20.6. The molecular formula is C21H22ClNO4S. The van der Waals surface area contributed by atoms with Crippen LogP contribution in [0.5, 0.6) is 5.75 Å². The molecule has 0 bridgehead atoms. The summed E-state index contributed by atoms with van der Waals surface area (Å²) in [6, 6.07) is 14.3. The van der Waals surface area contributed by atoms with Crippen LogP contribution in [0.2, 0.25) is 5.02 Å². The van der Waals surface area contributed by atoms with Crippen molar-refractivity contribution in [3.05, 3.63) is 70.1 Å². The lowest BCUT2D eigenvalue weighted by Crippen LogP contribution is -2.40. The molecule has 0 aliphatic carbocycles. The van der Waals surface area contributed by atoms with E-state index in [2.05, 4.69) is 0 Å². The van der Waals surface area contributed by atoms with Gasteiger partial charge in [0.2, 0.25) is 10.0 Å². The number of carbonyl (C=O) groups excluding carboxylic acids is 1. The summed E-state index contributed by atoms with van der Waals surface area (Å²) in [4.78, 5) is 12.4. The highest BCUT2D eigenvalue weighted by molar-refractivity contribution is 7.92. The molecule has 1 aliphatic rings. The molecule has 0 N–H and O–H groups in total. The number of rotatable bonds is 5. The molecule has 7 heteroatoms. The van der Waals surface area contributed by atoms with Crippen molar-refractivity contribution in [2.45, 2.75) is 19.8 Å². The summed E-state index contributed by atoms with van der Waals surface area (Å²) in [7, 11) is -3.52. The highest BCUT2D eigenvalue weighted by Gasteiger charge is 2.31. The lowest BCUT2D eigenvalue weighted by Gasteiger charge is -2.29. The zero-order chi connectivity index (χ0) is 20.1. The number of sulfonamides is 1. The Kier molecular flexibility index (Phi) is 6.54. The van der Waals surface area contributed by atoms with Crippen molar-refractivity contribution in [3.8, 4) is 5.75 Å². The van der Waals surface area contributed by atoms with Gasteiger partial charge in [0.1, 0.15) is 5.75 Å². The predicted molar refractivity (Wildman–Crippen MR) is 111 cm³/mol. The Bertz CT molecular complexity index is 965. The number of nitrogens with zero attached hydrogens (tertiary/aromatic N) is 1. The third-order valence-corrected chi connectivity index (χ3v) is 6.53. The van der Waals surface area contributed by atoms with Crippen LogP contribution in [0, 0.1) is 12.8 Å². The van der Waals surface area contributed by atoms with Crippen molar-refractivity contribution < 1.29 is 17.9 Å². The molecule has 1 saturated heterocycles. The van der Waals surface area contributed by atoms with Gasteiger partial charge in [-0.1, -0.05) is 41.9 Å². The van der Waals surface area contributed by atoms with E-state index < -0.39 is 10.0 Å². The predicted octanol–water partition coefficient (Wildman–Crippen LogP) is 4.27. The minimum absolute atomic E-state index is 0.292. The summed E-state index contributed by atoms with van der Waals surface area (Å²) in [6.07, 6.45) is 2.45. The van der Waals surface area contributed by atoms with Gasteiger partial charge in [0.05, 0.1) is 5.92 Å². The molecule has 148 valence electrons. The van der Waals surface area contributed by atoms with Gasteiger partial charge in [-0.15, -0.1) is 0 Å². The number of esters is 1. The lowest BCUT2D eigenvalue weighted by atomic mass is 9.98. The van der Waals surface area contributed by atoms with Crippen LogP contribution < -0.4 is 4.74 Å². The Morgan fingerprint density at radius 1 is 1.14 bits per heavy atom. The fourth-order valence-electron chi connectivity index (χ4n) is 3.08. The van der Waals surface area contributed by atoms with Crippen LogP contribution in [0.4, 0.5) is 0 Å². The fraction of sp³-hybridized carbons (Fsp3) is 0.286. The molecule has 2 aromatic rings. The van der Waals surface area contributed by atoms with Crippen molar-refractivity contribution in [2.24, 2.45) is 5.92 Å². The monoisotopic (exact) mass is 419 g/mol. The molecule has 0 aromatic heterocycles. The first-order valence-corrected chi connectivity index (χ1v) is 10.9. The fourth-order valence-corrected chi connectivity index (χ4v) is 4.53. The molecule has 28 heavy (non-hydrogen) atoms. The van der Waals surface area contributed by atoms with E-state index in [0.717, 1.165) is 11.1 Å². The van der Waals surface area contributed by atoms with Gasteiger partial charge < -0.3 is 4.74 Å². The highest BCUT2D eigenvalue weighted by Crippen LogP contribution is 2.26. The minimum Gasteiger partial charge on any atom is -0.426 e. The van der Waals surface area contributed by atoms with E-state index >= 15 is 0 Å². The maximum atomic E-state index is 12.5. The van der Waals surface area contributed by atoms with Crippen LogP contribution in [0.25, 0.3) is 6.08 Å². The molecule has 0 saturated carbocycles. The van der Waals surface area contributed by atoms with E-state index in [4.69, 9.17) is 16.3 Å². The van der Waals surface area contributed by atoms with Crippen molar-refractivity contribution in [2.75, 3.05) is 13.1 Å². The van der Waals surface area contributed by atoms with Crippen LogP contribution in [-0.2, 0) is 14.8 Å². The first-order chi connectivity index (χ1) is 13.3. The second kappa shape index (κ2) is 8.90. The van der Waals surface area contributed by atoms with E-state index in [-0.39, 0.29) is 11.9 Å². The summed E-state index contributed by atoms with van der Waals surface area (Å²) in [5, 5.41) is 1.80. The van der Waals surface area contributed by atoms with Gasteiger partial charge in [-0.3, -0.25) is 4.79 Å². The maximum absolute atomic E-state index is 12.5. The van der Waals surface area contributed by atoms with Crippen molar-refractivity contribution in [1.29, 1.82) is 0 Å². The average Bonchev–Trinajstić information content (AvgIpc) is 2.69. The largest absolute Gasteiger partial charge is 0.426 e. The SMILES string of the molecule is Cc1cc(Cl)ccc1OC(=O)C1CCN(S(=O)(=O)C=Cc2ccccc2)CC1. The Balaban J connectivity index is 1.57. The Hall–Kier alpha value is -2.15. The summed E-state index contributed by atoms with van der Waals surface area (Å²) in [5.41, 5.74) is 1.61. The third-order valence-electron chi connectivity index (χ3n) is 4.73. The molecule has 0 spiro atoms. The first-order valence-electron chi connectivity index (χ1n) is 9.06. The van der Waals surface area contributed by atoms with Gasteiger partial charge >= 0.3 is 5.97 Å². The smallest absolute Gasteiger partial charge is 0.314 e. The highest BCUT2D eigenvalue weighted by atomic mass is 35.5. The topological polar surface area (TPSA) is 63.7 Å². The Morgan fingerprint density at radius 2 is 1.82 bits per heavy atom. The normalized spacial score (nSPS) is 16.4. The molecule has 0 amide bonds. The van der Waals surface area contributed by atoms with E-state index in [1.807, 2.05) is 37.3 Å². The molecular weight excluding hydrogens is 398 g/mol. The van der Waals surface area contributed by atoms with Gasteiger partial charge in [0, 0.05) is 23.5 Å². The molecule has 3 rings (SSSR count). The second-order valence-electron chi connectivity index (χ2n) is 6.76. The summed E-state index contributed by atoms with van der Waals surface area (Å²) >= 11 is 5.92. The van der Waals surface area contributed by atoms with Crippen molar-refractivity contribution in [1.82, 2.24) is 4.31 Å². The number of hydrogen-bond donors (Lipinski definition) is 0. The van der Waals surface area contributed by atoms with Gasteiger partial charge in [0.25, 0.3) is 0 Å². The maximum Gasteiger partial charge on any atom is 0.314 e. The van der Waals surface area contributed by atoms with Crippen LogP contribution in [0.15, 0.2) is 53.9 Å². The molecule has 0 unspecified atom stereocenters. The molecule has 1 heterocycles. The molecule has 1 fully saturated rings. The van der Waals surface area contributed by atoms with E-state index in [1.165, 1.54) is 9.71 Å². The zero-order valence-corrected chi connectivity index (χ0v) is 17.1. The third kappa shape index (κ3) is 5.22. The van der Waals surface area contributed by atoms with Crippen LogP contribution >= 0.6 is 11.6 Å². The Morgan fingerprint density at radius 3 is 2.46 bits per heavy atom. The van der Waals surface area contributed by atoms with Gasteiger partial charge in [-0.25, -0.2) is 8.42 Å².